The summed E-state index contributed by atoms with van der Waals surface area (Å²) < 4.78 is 0. The lowest BCUT2D eigenvalue weighted by atomic mass is 9.88. The Balaban J connectivity index is 1.87. The summed E-state index contributed by atoms with van der Waals surface area (Å²) >= 11 is 6.22. The van der Waals surface area contributed by atoms with Gasteiger partial charge in [-0.1, -0.05) is 60.1 Å². The first-order valence-electron chi connectivity index (χ1n) is 6.53. The summed E-state index contributed by atoms with van der Waals surface area (Å²) in [7, 11) is 0. The summed E-state index contributed by atoms with van der Waals surface area (Å²) in [5.74, 6) is -0.0289. The van der Waals surface area contributed by atoms with Crippen molar-refractivity contribution in [1.29, 1.82) is 0 Å². The molecule has 20 heavy (non-hydrogen) atoms. The Kier molecular flexibility index (Phi) is 3.47. The lowest BCUT2D eigenvalue weighted by Gasteiger charge is -2.46. The quantitative estimate of drug-likeness (QED) is 0.882. The first kappa shape index (κ1) is 13.2. The minimum Gasteiger partial charge on any atom is -0.328 e. The van der Waals surface area contributed by atoms with E-state index in [2.05, 4.69) is 0 Å². The third-order valence-corrected chi connectivity index (χ3v) is 4.01. The van der Waals surface area contributed by atoms with E-state index in [0.717, 1.165) is 11.1 Å². The number of nitrogens with zero attached hydrogens (tertiary/aromatic N) is 1. The molecule has 102 valence electrons. The van der Waals surface area contributed by atoms with E-state index < -0.39 is 6.04 Å². The van der Waals surface area contributed by atoms with E-state index in [0.29, 0.717) is 11.6 Å². The summed E-state index contributed by atoms with van der Waals surface area (Å²) in [5, 5.41) is 0.651. The fraction of sp³-hybridized carbons (Fsp3) is 0.188. The third kappa shape index (κ3) is 2.19. The van der Waals surface area contributed by atoms with E-state index >= 15 is 0 Å². The molecule has 3 nitrogen and oxygen atoms in total. The molecule has 1 fully saturated rings. The second kappa shape index (κ2) is 5.27. The van der Waals surface area contributed by atoms with E-state index in [-0.39, 0.29) is 11.9 Å². The van der Waals surface area contributed by atoms with Crippen LogP contribution < -0.4 is 5.73 Å². The highest BCUT2D eigenvalue weighted by atomic mass is 35.5. The van der Waals surface area contributed by atoms with Gasteiger partial charge < -0.3 is 10.6 Å². The van der Waals surface area contributed by atoms with Gasteiger partial charge in [0, 0.05) is 11.6 Å². The van der Waals surface area contributed by atoms with Crippen LogP contribution in [0, 0.1) is 0 Å². The number of carbonyl (C=O) groups is 1. The van der Waals surface area contributed by atoms with Crippen LogP contribution in [0.25, 0.3) is 0 Å². The van der Waals surface area contributed by atoms with Crippen molar-refractivity contribution in [3.8, 4) is 0 Å². The first-order chi connectivity index (χ1) is 9.68. The molecule has 0 bridgehead atoms. The molecule has 1 aliphatic heterocycles. The Labute approximate surface area is 123 Å². The van der Waals surface area contributed by atoms with E-state index in [1.807, 2.05) is 54.6 Å². The molecule has 1 saturated heterocycles. The fourth-order valence-corrected chi connectivity index (χ4v) is 2.86. The van der Waals surface area contributed by atoms with Gasteiger partial charge in [-0.15, -0.1) is 0 Å². The number of rotatable bonds is 3. The van der Waals surface area contributed by atoms with Gasteiger partial charge in [-0.3, -0.25) is 4.79 Å². The van der Waals surface area contributed by atoms with Crippen molar-refractivity contribution in [3.05, 3.63) is 70.7 Å². The fourth-order valence-electron chi connectivity index (χ4n) is 2.61. The van der Waals surface area contributed by atoms with Crippen LogP contribution in [0.2, 0.25) is 5.02 Å². The highest BCUT2D eigenvalue weighted by Crippen LogP contribution is 2.38. The van der Waals surface area contributed by atoms with Crippen LogP contribution >= 0.6 is 11.6 Å². The average Bonchev–Trinajstić information content (AvgIpc) is 2.49. The average molecular weight is 287 g/mol. The Morgan fingerprint density at radius 3 is 2.40 bits per heavy atom. The molecule has 0 unspecified atom stereocenters. The number of amides is 1. The van der Waals surface area contributed by atoms with Gasteiger partial charge in [0.25, 0.3) is 0 Å². The van der Waals surface area contributed by atoms with Crippen molar-refractivity contribution < 1.29 is 4.79 Å². The van der Waals surface area contributed by atoms with Crippen LogP contribution in [0.15, 0.2) is 54.6 Å². The van der Waals surface area contributed by atoms with Crippen molar-refractivity contribution in [2.75, 3.05) is 0 Å². The molecule has 0 saturated carbocycles. The molecular weight excluding hydrogens is 272 g/mol. The van der Waals surface area contributed by atoms with Crippen LogP contribution in [-0.2, 0) is 11.3 Å². The standard InChI is InChI=1S/C16H15ClN2O/c17-13-9-5-4-8-12(13)15-14(18)16(20)19(15)10-11-6-2-1-3-7-11/h1-9,14-15H,10,18H2/t14-,15+/m1/s1. The van der Waals surface area contributed by atoms with E-state index in [4.69, 9.17) is 17.3 Å². The largest absolute Gasteiger partial charge is 0.328 e. The van der Waals surface area contributed by atoms with Crippen LogP contribution in [-0.4, -0.2) is 16.8 Å². The minimum absolute atomic E-state index is 0.0289. The van der Waals surface area contributed by atoms with Crippen LogP contribution in [0.1, 0.15) is 17.2 Å². The number of halogens is 1. The highest BCUT2D eigenvalue weighted by Gasteiger charge is 2.46. The number of likely N-dealkylation sites (tertiary alicyclic amines) is 1. The molecule has 0 radical (unpaired) electrons. The van der Waals surface area contributed by atoms with Crippen LogP contribution in [0.4, 0.5) is 0 Å². The lowest BCUT2D eigenvalue weighted by Crippen LogP contribution is -2.62. The smallest absolute Gasteiger partial charge is 0.242 e. The molecule has 0 aromatic heterocycles. The summed E-state index contributed by atoms with van der Waals surface area (Å²) in [6, 6.07) is 16.8. The molecule has 0 aliphatic carbocycles. The zero-order valence-electron chi connectivity index (χ0n) is 10.9. The van der Waals surface area contributed by atoms with E-state index in [1.54, 1.807) is 4.90 Å². The maximum Gasteiger partial charge on any atom is 0.242 e. The van der Waals surface area contributed by atoms with Crippen molar-refractivity contribution in [2.45, 2.75) is 18.6 Å². The molecular formula is C16H15ClN2O. The van der Waals surface area contributed by atoms with Gasteiger partial charge in [-0.05, 0) is 17.2 Å². The lowest BCUT2D eigenvalue weighted by molar-refractivity contribution is -0.150. The molecule has 1 aliphatic rings. The maximum absolute atomic E-state index is 12.0. The molecule has 2 aromatic carbocycles. The molecule has 2 atom stereocenters. The van der Waals surface area contributed by atoms with Gasteiger partial charge in [-0.25, -0.2) is 0 Å². The maximum atomic E-state index is 12.0. The first-order valence-corrected chi connectivity index (χ1v) is 6.90. The second-order valence-electron chi connectivity index (χ2n) is 4.94. The Morgan fingerprint density at radius 1 is 1.05 bits per heavy atom. The molecule has 0 spiro atoms. The number of hydrogen-bond acceptors (Lipinski definition) is 2. The Hall–Kier alpha value is -1.84. The zero-order valence-corrected chi connectivity index (χ0v) is 11.6. The van der Waals surface area contributed by atoms with E-state index in [9.17, 15) is 4.79 Å². The van der Waals surface area contributed by atoms with Gasteiger partial charge in [0.1, 0.15) is 6.04 Å². The van der Waals surface area contributed by atoms with Gasteiger partial charge in [0.05, 0.1) is 6.04 Å². The van der Waals surface area contributed by atoms with Gasteiger partial charge in [-0.2, -0.15) is 0 Å². The van der Waals surface area contributed by atoms with E-state index in [1.165, 1.54) is 0 Å². The van der Waals surface area contributed by atoms with Gasteiger partial charge >= 0.3 is 0 Å². The molecule has 1 amide bonds. The predicted octanol–water partition coefficient (Wildman–Crippen LogP) is 2.75. The van der Waals surface area contributed by atoms with Gasteiger partial charge in [0.15, 0.2) is 0 Å². The number of hydrogen-bond donors (Lipinski definition) is 1. The minimum atomic E-state index is -0.501. The molecule has 2 N–H and O–H groups in total. The normalized spacial score (nSPS) is 21.7. The summed E-state index contributed by atoms with van der Waals surface area (Å²) in [4.78, 5) is 13.8. The molecule has 1 heterocycles. The molecule has 2 aromatic rings. The number of β-lactam (4-membered cyclic amide) rings is 1. The molecule has 3 rings (SSSR count). The number of carbonyl (C=O) groups excluding carboxylic acids is 1. The highest BCUT2D eigenvalue weighted by molar-refractivity contribution is 6.31. The second-order valence-corrected chi connectivity index (χ2v) is 5.35. The number of benzene rings is 2. The summed E-state index contributed by atoms with van der Waals surface area (Å²) in [6.45, 7) is 0.559. The SMILES string of the molecule is N[C@H]1C(=O)N(Cc2ccccc2)[C@H]1c1ccccc1Cl. The van der Waals surface area contributed by atoms with Crippen molar-refractivity contribution in [1.82, 2.24) is 4.90 Å². The van der Waals surface area contributed by atoms with Gasteiger partial charge in [0.2, 0.25) is 5.91 Å². The molecule has 4 heteroatoms. The van der Waals surface area contributed by atoms with Crippen molar-refractivity contribution >= 4 is 17.5 Å². The van der Waals surface area contributed by atoms with Crippen molar-refractivity contribution in [2.24, 2.45) is 5.73 Å². The summed E-state index contributed by atoms with van der Waals surface area (Å²) in [6.07, 6.45) is 0. The summed E-state index contributed by atoms with van der Waals surface area (Å²) in [5.41, 5.74) is 7.96. The van der Waals surface area contributed by atoms with Crippen LogP contribution in [0.5, 0.6) is 0 Å². The topological polar surface area (TPSA) is 46.3 Å². The van der Waals surface area contributed by atoms with Crippen LogP contribution in [0.3, 0.4) is 0 Å². The Bertz CT molecular complexity index is 629. The third-order valence-electron chi connectivity index (χ3n) is 3.66. The zero-order chi connectivity index (χ0) is 14.1. The Morgan fingerprint density at radius 2 is 1.70 bits per heavy atom. The monoisotopic (exact) mass is 286 g/mol. The number of nitrogens with two attached hydrogens (primary N) is 1. The predicted molar refractivity (Wildman–Crippen MR) is 79.2 cm³/mol. The van der Waals surface area contributed by atoms with Crippen molar-refractivity contribution in [3.63, 3.8) is 0 Å².